The van der Waals surface area contributed by atoms with E-state index in [1.165, 1.54) is 33.6 Å². The molecular formula is C30H38N4O. The Morgan fingerprint density at radius 1 is 0.771 bits per heavy atom. The summed E-state index contributed by atoms with van der Waals surface area (Å²) in [7, 11) is 0. The van der Waals surface area contributed by atoms with E-state index in [1.807, 2.05) is 0 Å². The van der Waals surface area contributed by atoms with Gasteiger partial charge in [-0.1, -0.05) is 36.4 Å². The maximum atomic E-state index is 6.75. The lowest BCUT2D eigenvalue weighted by molar-refractivity contribution is 0.167. The highest BCUT2D eigenvalue weighted by molar-refractivity contribution is 5.70. The van der Waals surface area contributed by atoms with E-state index in [4.69, 9.17) is 10.5 Å². The molecule has 2 aliphatic heterocycles. The molecule has 3 aromatic carbocycles. The fourth-order valence-electron chi connectivity index (χ4n) is 6.16. The van der Waals surface area contributed by atoms with Gasteiger partial charge in [0.2, 0.25) is 0 Å². The molecule has 0 fully saturated rings. The van der Waals surface area contributed by atoms with E-state index in [0.717, 1.165) is 50.8 Å². The third-order valence-electron chi connectivity index (χ3n) is 7.83. The second-order valence-corrected chi connectivity index (χ2v) is 9.39. The lowest BCUT2D eigenvalue weighted by atomic mass is 9.74. The molecule has 2 heterocycles. The van der Waals surface area contributed by atoms with Gasteiger partial charge >= 0.3 is 0 Å². The van der Waals surface area contributed by atoms with Gasteiger partial charge in [0.15, 0.2) is 0 Å². The Morgan fingerprint density at radius 3 is 1.83 bits per heavy atom. The van der Waals surface area contributed by atoms with E-state index < -0.39 is 5.54 Å². The first kappa shape index (κ1) is 23.7. The molecule has 184 valence electrons. The van der Waals surface area contributed by atoms with Crippen LogP contribution in [0.3, 0.4) is 0 Å². The molecule has 0 radical (unpaired) electrons. The van der Waals surface area contributed by atoms with E-state index in [2.05, 4.69) is 103 Å². The average molecular weight is 471 g/mol. The zero-order valence-electron chi connectivity index (χ0n) is 21.6. The van der Waals surface area contributed by atoms with E-state index in [-0.39, 0.29) is 0 Å². The van der Waals surface area contributed by atoms with Crippen molar-refractivity contribution < 1.29 is 4.74 Å². The Hall–Kier alpha value is -3.02. The van der Waals surface area contributed by atoms with Gasteiger partial charge in [0.25, 0.3) is 0 Å². The molecule has 3 aromatic rings. The third-order valence-corrected chi connectivity index (χ3v) is 7.83. The first-order valence-corrected chi connectivity index (χ1v) is 13.1. The molecule has 0 saturated heterocycles. The second kappa shape index (κ2) is 9.56. The smallest absolute Gasteiger partial charge is 0.135 e. The first-order valence-electron chi connectivity index (χ1n) is 13.1. The Bertz CT molecular complexity index is 1140. The summed E-state index contributed by atoms with van der Waals surface area (Å²) in [6.07, 6.45) is 0. The fraction of sp³-hybridized carbons (Fsp3) is 0.400. The minimum absolute atomic E-state index is 0.414. The van der Waals surface area contributed by atoms with Crippen LogP contribution in [0.25, 0.3) is 0 Å². The minimum atomic E-state index is -0.414. The number of hydrogen-bond acceptors (Lipinski definition) is 5. The predicted octanol–water partition coefficient (Wildman–Crippen LogP) is 5.55. The molecule has 0 saturated carbocycles. The zero-order valence-corrected chi connectivity index (χ0v) is 21.6. The molecule has 5 rings (SSSR count). The summed E-state index contributed by atoms with van der Waals surface area (Å²) in [5, 5.41) is 0. The Labute approximate surface area is 210 Å². The average Bonchev–Trinajstić information content (AvgIpc) is 3.20. The van der Waals surface area contributed by atoms with E-state index in [9.17, 15) is 0 Å². The molecule has 2 N–H and O–H groups in total. The van der Waals surface area contributed by atoms with E-state index in [0.29, 0.717) is 6.54 Å². The van der Waals surface area contributed by atoms with Crippen molar-refractivity contribution in [1.82, 2.24) is 4.90 Å². The summed E-state index contributed by atoms with van der Waals surface area (Å²) in [5.41, 5.74) is 13.3. The Kier molecular flexibility index (Phi) is 6.47. The van der Waals surface area contributed by atoms with Gasteiger partial charge in [-0.2, -0.15) is 0 Å². The normalized spacial score (nSPS) is 15.3. The van der Waals surface area contributed by atoms with Crippen LogP contribution in [-0.2, 0) is 12.1 Å². The molecular weight excluding hydrogens is 432 g/mol. The first-order chi connectivity index (χ1) is 17.1. The Morgan fingerprint density at radius 2 is 1.31 bits per heavy atom. The van der Waals surface area contributed by atoms with Gasteiger partial charge in [0.1, 0.15) is 17.0 Å². The summed E-state index contributed by atoms with van der Waals surface area (Å²) >= 11 is 0. The highest BCUT2D eigenvalue weighted by Crippen LogP contribution is 2.58. The quantitative estimate of drug-likeness (QED) is 0.468. The van der Waals surface area contributed by atoms with Crippen molar-refractivity contribution in [3.63, 3.8) is 0 Å². The van der Waals surface area contributed by atoms with Crippen LogP contribution in [0.2, 0.25) is 0 Å². The molecule has 0 unspecified atom stereocenters. The minimum Gasteiger partial charge on any atom is -0.456 e. The van der Waals surface area contributed by atoms with Crippen LogP contribution >= 0.6 is 0 Å². The number of fused-ring (bicyclic) bond motifs is 6. The van der Waals surface area contributed by atoms with Crippen LogP contribution in [0, 0.1) is 0 Å². The number of nitrogens with two attached hydrogens (primary N) is 1. The van der Waals surface area contributed by atoms with Crippen LogP contribution in [0.15, 0.2) is 60.7 Å². The molecule has 35 heavy (non-hydrogen) atoms. The predicted molar refractivity (Wildman–Crippen MR) is 146 cm³/mol. The summed E-state index contributed by atoms with van der Waals surface area (Å²) < 4.78 is 6.75. The zero-order chi connectivity index (χ0) is 24.6. The molecule has 0 aliphatic carbocycles. The summed E-state index contributed by atoms with van der Waals surface area (Å²) in [5.74, 6) is 1.88. The largest absolute Gasteiger partial charge is 0.456 e. The lowest BCUT2D eigenvalue weighted by Gasteiger charge is -2.45. The van der Waals surface area contributed by atoms with Crippen molar-refractivity contribution >= 4 is 11.4 Å². The Balaban J connectivity index is 1.79. The topological polar surface area (TPSA) is 45.0 Å². The summed E-state index contributed by atoms with van der Waals surface area (Å²) in [4.78, 5) is 7.29. The van der Waals surface area contributed by atoms with Crippen LogP contribution in [-0.4, -0.2) is 44.2 Å². The highest BCUT2D eigenvalue weighted by atomic mass is 16.5. The van der Waals surface area contributed by atoms with Crippen LogP contribution in [0.4, 0.5) is 11.4 Å². The molecule has 0 amide bonds. The molecule has 2 aliphatic rings. The van der Waals surface area contributed by atoms with Crippen molar-refractivity contribution in [3.05, 3.63) is 82.9 Å². The lowest BCUT2D eigenvalue weighted by Crippen LogP contribution is -2.47. The van der Waals surface area contributed by atoms with Crippen molar-refractivity contribution in [3.8, 4) is 11.5 Å². The number of ether oxygens (including phenoxy) is 1. The molecule has 0 bridgehead atoms. The second-order valence-electron chi connectivity index (χ2n) is 9.39. The maximum Gasteiger partial charge on any atom is 0.135 e. The number of nitrogens with zero attached hydrogens (tertiary/aromatic N) is 3. The highest BCUT2D eigenvalue weighted by Gasteiger charge is 2.52. The fourth-order valence-corrected chi connectivity index (χ4v) is 6.16. The van der Waals surface area contributed by atoms with Gasteiger partial charge in [-0.15, -0.1) is 0 Å². The van der Waals surface area contributed by atoms with Gasteiger partial charge in [-0.3, -0.25) is 4.90 Å². The number of benzene rings is 3. The number of hydrogen-bond donors (Lipinski definition) is 1. The van der Waals surface area contributed by atoms with Crippen molar-refractivity contribution in [2.45, 2.75) is 39.8 Å². The SMILES string of the molecule is CCN(CC)c1ccc2c(c1)Oc1cc(N(CC)CC)ccc1C21c2ccccc2CN1CCN. The van der Waals surface area contributed by atoms with Gasteiger partial charge in [0, 0.05) is 80.4 Å². The summed E-state index contributed by atoms with van der Waals surface area (Å²) in [6.45, 7) is 15.0. The molecule has 0 aromatic heterocycles. The monoisotopic (exact) mass is 470 g/mol. The molecule has 1 spiro atoms. The van der Waals surface area contributed by atoms with Crippen molar-refractivity contribution in [1.29, 1.82) is 0 Å². The van der Waals surface area contributed by atoms with Crippen molar-refractivity contribution in [2.75, 3.05) is 49.1 Å². The van der Waals surface area contributed by atoms with Gasteiger partial charge in [0.05, 0.1) is 0 Å². The summed E-state index contributed by atoms with van der Waals surface area (Å²) in [6, 6.07) is 22.4. The van der Waals surface area contributed by atoms with Gasteiger partial charge in [-0.05, 0) is 51.0 Å². The van der Waals surface area contributed by atoms with Crippen LogP contribution in [0.1, 0.15) is 49.9 Å². The molecule has 5 nitrogen and oxygen atoms in total. The maximum absolute atomic E-state index is 6.75. The molecule has 5 heteroatoms. The van der Waals surface area contributed by atoms with E-state index in [1.54, 1.807) is 0 Å². The third kappa shape index (κ3) is 3.60. The van der Waals surface area contributed by atoms with Crippen LogP contribution in [0.5, 0.6) is 11.5 Å². The van der Waals surface area contributed by atoms with E-state index >= 15 is 0 Å². The number of rotatable bonds is 8. The van der Waals surface area contributed by atoms with Gasteiger partial charge < -0.3 is 20.3 Å². The standard InChI is InChI=1S/C30H38N4O/c1-5-32(6-2)23-13-15-26-28(19-23)35-29-20-24(33(7-3)8-4)14-16-27(29)30(26)25-12-10-9-11-22(25)21-34(30)18-17-31/h9-16,19-20H,5-8,17-18,21,31H2,1-4H3. The number of anilines is 2. The molecule has 0 atom stereocenters. The van der Waals surface area contributed by atoms with Gasteiger partial charge in [-0.25, -0.2) is 0 Å². The van der Waals surface area contributed by atoms with Crippen molar-refractivity contribution in [2.24, 2.45) is 5.73 Å². The van der Waals surface area contributed by atoms with Crippen LogP contribution < -0.4 is 20.3 Å².